The maximum Gasteiger partial charge on any atom is 0.338 e. The normalized spacial score (nSPS) is 16.1. The number of carbonyl (C=O) groups is 1. The zero-order chi connectivity index (χ0) is 22.1. The number of phenols is 1. The molecule has 1 aliphatic rings. The molecule has 1 aliphatic heterocycles. The molecular weight excluding hydrogens is 480 g/mol. The number of rotatable bonds is 4. The molecule has 0 unspecified atom stereocenters. The number of para-hydroxylation sites is 1. The highest BCUT2D eigenvalue weighted by Crippen LogP contribution is 2.32. The lowest BCUT2D eigenvalue weighted by atomic mass is 9.97. The lowest BCUT2D eigenvalue weighted by molar-refractivity contribution is -0.138. The van der Waals surface area contributed by atoms with Crippen LogP contribution in [0, 0.1) is 0 Å². The Balaban J connectivity index is 1.96. The minimum atomic E-state index is -0.580. The van der Waals surface area contributed by atoms with E-state index in [4.69, 9.17) is 9.73 Å². The van der Waals surface area contributed by atoms with Gasteiger partial charge in [-0.05, 0) is 43.7 Å². The van der Waals surface area contributed by atoms with Gasteiger partial charge < -0.3 is 9.84 Å². The van der Waals surface area contributed by atoms with Crippen molar-refractivity contribution >= 4 is 45.0 Å². The van der Waals surface area contributed by atoms with Crippen LogP contribution in [0.1, 0.15) is 31.0 Å². The van der Waals surface area contributed by atoms with Crippen molar-refractivity contribution in [2.75, 3.05) is 6.61 Å². The monoisotopic (exact) mass is 498 g/mol. The van der Waals surface area contributed by atoms with Crippen LogP contribution in [0.3, 0.4) is 0 Å². The Bertz CT molecular complexity index is 1370. The second-order valence-corrected chi connectivity index (χ2v) is 8.82. The molecule has 8 heteroatoms. The van der Waals surface area contributed by atoms with E-state index < -0.39 is 12.0 Å². The molecule has 0 radical (unpaired) electrons. The van der Waals surface area contributed by atoms with Crippen LogP contribution in [-0.2, 0) is 9.53 Å². The average Bonchev–Trinajstić information content (AvgIpc) is 3.06. The number of nitrogens with zero attached hydrogens (tertiary/aromatic N) is 2. The van der Waals surface area contributed by atoms with Gasteiger partial charge in [-0.2, -0.15) is 0 Å². The number of esters is 1. The Morgan fingerprint density at radius 3 is 2.65 bits per heavy atom. The minimum Gasteiger partial charge on any atom is -0.507 e. The summed E-state index contributed by atoms with van der Waals surface area (Å²) in [6.07, 6.45) is 1.63. The number of fused-ring (bicyclic) bond motifs is 1. The van der Waals surface area contributed by atoms with Crippen molar-refractivity contribution < 1.29 is 14.6 Å². The molecule has 3 aromatic rings. The molecule has 0 amide bonds. The number of phenolic OH excluding ortho intramolecular Hbond substituents is 1. The largest absolute Gasteiger partial charge is 0.507 e. The number of ether oxygens (including phenoxy) is 1. The molecule has 0 aliphatic carbocycles. The van der Waals surface area contributed by atoms with Crippen molar-refractivity contribution in [1.82, 2.24) is 4.57 Å². The lowest BCUT2D eigenvalue weighted by Crippen LogP contribution is -2.35. The maximum atomic E-state index is 13.2. The summed E-state index contributed by atoms with van der Waals surface area (Å²) in [5, 5.41) is 10.1. The Kier molecular flexibility index (Phi) is 5.93. The molecule has 1 N–H and O–H groups in total. The third kappa shape index (κ3) is 4.00. The van der Waals surface area contributed by atoms with Gasteiger partial charge in [-0.1, -0.05) is 57.6 Å². The van der Waals surface area contributed by atoms with Crippen molar-refractivity contribution in [1.29, 1.82) is 0 Å². The molecule has 0 bridgehead atoms. The number of halogens is 1. The first-order valence-electron chi connectivity index (χ1n) is 9.64. The van der Waals surface area contributed by atoms with E-state index in [1.54, 1.807) is 44.2 Å². The highest BCUT2D eigenvalue weighted by molar-refractivity contribution is 9.10. The number of hydrogen-bond donors (Lipinski definition) is 1. The van der Waals surface area contributed by atoms with Crippen LogP contribution in [0.25, 0.3) is 11.8 Å². The highest BCUT2D eigenvalue weighted by atomic mass is 79.9. The topological polar surface area (TPSA) is 80.9 Å². The third-order valence-electron chi connectivity index (χ3n) is 4.95. The van der Waals surface area contributed by atoms with Gasteiger partial charge in [0.2, 0.25) is 0 Å². The smallest absolute Gasteiger partial charge is 0.338 e. The van der Waals surface area contributed by atoms with Crippen molar-refractivity contribution in [3.05, 3.63) is 89.4 Å². The minimum absolute atomic E-state index is 0.0856. The molecule has 1 atom stereocenters. The zero-order valence-corrected chi connectivity index (χ0v) is 19.2. The fraction of sp³-hybridized carbons (Fsp3) is 0.174. The van der Waals surface area contributed by atoms with Gasteiger partial charge in [0, 0.05) is 15.7 Å². The van der Waals surface area contributed by atoms with Gasteiger partial charge in [0.25, 0.3) is 5.56 Å². The summed E-state index contributed by atoms with van der Waals surface area (Å²) in [7, 11) is 0. The van der Waals surface area contributed by atoms with E-state index in [2.05, 4.69) is 15.9 Å². The summed E-state index contributed by atoms with van der Waals surface area (Å²) in [5.74, 6) is -0.408. The summed E-state index contributed by atoms with van der Waals surface area (Å²) < 4.78 is 8.05. The number of aromatic hydroxyl groups is 1. The second-order valence-electron chi connectivity index (χ2n) is 6.90. The Morgan fingerprint density at radius 2 is 1.97 bits per heavy atom. The summed E-state index contributed by atoms with van der Waals surface area (Å²) in [5.41, 5.74) is 1.90. The predicted molar refractivity (Wildman–Crippen MR) is 123 cm³/mol. The number of thiazole rings is 1. The number of hydrogen-bond acceptors (Lipinski definition) is 6. The summed E-state index contributed by atoms with van der Waals surface area (Å²) in [6.45, 7) is 3.69. The van der Waals surface area contributed by atoms with Gasteiger partial charge in [0.05, 0.1) is 16.7 Å². The van der Waals surface area contributed by atoms with Crippen LogP contribution >= 0.6 is 27.3 Å². The van der Waals surface area contributed by atoms with Gasteiger partial charge >= 0.3 is 5.97 Å². The molecule has 0 saturated carbocycles. The molecule has 1 aromatic heterocycles. The van der Waals surface area contributed by atoms with E-state index in [0.29, 0.717) is 26.2 Å². The summed E-state index contributed by atoms with van der Waals surface area (Å²) in [4.78, 5) is 31.2. The van der Waals surface area contributed by atoms with Gasteiger partial charge in [-0.25, -0.2) is 9.79 Å². The van der Waals surface area contributed by atoms with E-state index in [1.165, 1.54) is 15.9 Å². The molecule has 0 fully saturated rings. The molecule has 0 spiro atoms. The van der Waals surface area contributed by atoms with E-state index in [-0.39, 0.29) is 17.9 Å². The molecule has 0 saturated heterocycles. The number of benzene rings is 2. The van der Waals surface area contributed by atoms with Gasteiger partial charge in [-0.3, -0.25) is 9.36 Å². The quantitative estimate of drug-likeness (QED) is 0.559. The summed E-state index contributed by atoms with van der Waals surface area (Å²) in [6, 6.07) is 13.8. The van der Waals surface area contributed by atoms with Gasteiger partial charge in [-0.15, -0.1) is 0 Å². The maximum absolute atomic E-state index is 13.2. The highest BCUT2D eigenvalue weighted by Gasteiger charge is 2.31. The molecule has 2 heterocycles. The fourth-order valence-corrected chi connectivity index (χ4v) is 4.75. The molecule has 31 heavy (non-hydrogen) atoms. The molecule has 158 valence electrons. The van der Waals surface area contributed by atoms with Crippen LogP contribution in [-0.4, -0.2) is 22.2 Å². The molecule has 4 rings (SSSR count). The molecule has 2 aromatic carbocycles. The fourth-order valence-electron chi connectivity index (χ4n) is 3.45. The van der Waals surface area contributed by atoms with Crippen molar-refractivity contribution in [2.24, 2.45) is 4.99 Å². The van der Waals surface area contributed by atoms with Crippen LogP contribution in [0.15, 0.2) is 68.4 Å². The van der Waals surface area contributed by atoms with Crippen molar-refractivity contribution in [3.8, 4) is 5.75 Å². The first-order chi connectivity index (χ1) is 14.9. The number of allylic oxidation sites excluding steroid dienone is 1. The molecular formula is C23H19BrN2O4S. The van der Waals surface area contributed by atoms with Gasteiger partial charge in [0.15, 0.2) is 4.80 Å². The van der Waals surface area contributed by atoms with E-state index in [1.807, 2.05) is 24.3 Å². The SMILES string of the molecule is CCOC(=O)C1=C(C)n2c(s/c(=C\c3ccccc3O)c2=O)=N[C@H]1c1ccc(Br)cc1. The standard InChI is InChI=1S/C23H19BrN2O4S/c1-3-30-22(29)19-13(2)26-21(28)18(12-15-6-4-5-7-17(15)27)31-23(26)25-20(19)14-8-10-16(24)11-9-14/h4-12,20,27H,3H2,1-2H3/b18-12-/t20-/m0/s1. The van der Waals surface area contributed by atoms with E-state index in [0.717, 1.165) is 10.0 Å². The lowest BCUT2D eigenvalue weighted by Gasteiger charge is -2.22. The van der Waals surface area contributed by atoms with Gasteiger partial charge in [0.1, 0.15) is 11.8 Å². The van der Waals surface area contributed by atoms with Crippen molar-refractivity contribution in [3.63, 3.8) is 0 Å². The van der Waals surface area contributed by atoms with E-state index in [9.17, 15) is 14.7 Å². The van der Waals surface area contributed by atoms with Crippen LogP contribution in [0.5, 0.6) is 5.75 Å². The zero-order valence-electron chi connectivity index (χ0n) is 16.8. The van der Waals surface area contributed by atoms with Crippen LogP contribution in [0.4, 0.5) is 0 Å². The molecule has 6 nitrogen and oxygen atoms in total. The number of aromatic nitrogens is 1. The Hall–Kier alpha value is -2.97. The average molecular weight is 499 g/mol. The Morgan fingerprint density at radius 1 is 1.26 bits per heavy atom. The summed E-state index contributed by atoms with van der Waals surface area (Å²) >= 11 is 4.64. The first kappa shape index (κ1) is 21.3. The van der Waals surface area contributed by atoms with E-state index >= 15 is 0 Å². The Labute approximate surface area is 190 Å². The second kappa shape index (κ2) is 8.64. The van der Waals surface area contributed by atoms with Crippen LogP contribution < -0.4 is 14.9 Å². The van der Waals surface area contributed by atoms with Crippen LogP contribution in [0.2, 0.25) is 0 Å². The number of carbonyl (C=O) groups excluding carboxylic acids is 1. The predicted octanol–water partition coefficient (Wildman–Crippen LogP) is 3.38. The van der Waals surface area contributed by atoms with Crippen molar-refractivity contribution in [2.45, 2.75) is 19.9 Å². The first-order valence-corrected chi connectivity index (χ1v) is 11.2. The third-order valence-corrected chi connectivity index (χ3v) is 6.46.